The molecule has 12 nitrogen and oxygen atoms in total. The topological polar surface area (TPSA) is 151 Å². The largest absolute Gasteiger partial charge is 0.435 e. The Kier molecular flexibility index (Phi) is 9.44. The van der Waals surface area contributed by atoms with Crippen molar-refractivity contribution in [2.75, 3.05) is 31.6 Å². The number of nitrogens with two attached hydrogens (primary N) is 1. The Morgan fingerprint density at radius 3 is 2.73 bits per heavy atom. The maximum absolute atomic E-state index is 14.0. The second kappa shape index (κ2) is 13.4. The van der Waals surface area contributed by atoms with Crippen LogP contribution in [0.3, 0.4) is 0 Å². The quantitative estimate of drug-likeness (QED) is 0.140. The van der Waals surface area contributed by atoms with Crippen LogP contribution in [-0.4, -0.2) is 62.8 Å². The molecule has 1 aromatic carbocycles. The van der Waals surface area contributed by atoms with Gasteiger partial charge in [-0.25, -0.2) is 9.97 Å². The van der Waals surface area contributed by atoms with Crippen LogP contribution in [0.25, 0.3) is 16.9 Å². The number of hydrogen-bond acceptors (Lipinski definition) is 9. The van der Waals surface area contributed by atoms with E-state index in [1.165, 1.54) is 33.9 Å². The first-order valence-corrected chi connectivity index (χ1v) is 14.3. The summed E-state index contributed by atoms with van der Waals surface area (Å²) in [7, 11) is 0. The van der Waals surface area contributed by atoms with Gasteiger partial charge in [-0.3, -0.25) is 18.7 Å². The lowest BCUT2D eigenvalue weighted by Crippen LogP contribution is -2.28. The van der Waals surface area contributed by atoms with Crippen molar-refractivity contribution < 1.29 is 32.2 Å². The van der Waals surface area contributed by atoms with Crippen LogP contribution < -0.4 is 21.1 Å². The molecule has 0 radical (unpaired) electrons. The van der Waals surface area contributed by atoms with Gasteiger partial charge in [-0.1, -0.05) is 6.92 Å². The van der Waals surface area contributed by atoms with Gasteiger partial charge in [0.05, 0.1) is 35.8 Å². The van der Waals surface area contributed by atoms with Gasteiger partial charge in [-0.15, -0.1) is 0 Å². The lowest BCUT2D eigenvalue weighted by molar-refractivity contribution is -0.141. The van der Waals surface area contributed by atoms with Crippen LogP contribution in [0.2, 0.25) is 0 Å². The summed E-state index contributed by atoms with van der Waals surface area (Å²) in [5.74, 6) is -0.0537. The zero-order valence-electron chi connectivity index (χ0n) is 24.1. The number of amides is 1. The van der Waals surface area contributed by atoms with Crippen molar-refractivity contribution in [1.82, 2.24) is 29.5 Å². The molecular weight excluding hydrogens is 581 g/mol. The molecule has 1 amide bonds. The van der Waals surface area contributed by atoms with E-state index in [1.807, 2.05) is 6.92 Å². The summed E-state index contributed by atoms with van der Waals surface area (Å²) in [5, 5.41) is 9.76. The van der Waals surface area contributed by atoms with Gasteiger partial charge >= 0.3 is 6.18 Å². The van der Waals surface area contributed by atoms with E-state index in [0.717, 1.165) is 25.7 Å². The first-order chi connectivity index (χ1) is 21.3. The molecule has 15 heteroatoms. The number of aromatic nitrogens is 5. The van der Waals surface area contributed by atoms with Crippen LogP contribution in [-0.2, 0) is 22.1 Å². The van der Waals surface area contributed by atoms with Crippen molar-refractivity contribution in [1.29, 1.82) is 0 Å². The third-order valence-corrected chi connectivity index (χ3v) is 7.46. The first kappa shape index (κ1) is 30.9. The van der Waals surface area contributed by atoms with Gasteiger partial charge in [0.1, 0.15) is 0 Å². The molecule has 0 bridgehead atoms. The predicted octanol–water partition coefficient (Wildman–Crippen LogP) is 4.27. The highest BCUT2D eigenvalue weighted by Gasteiger charge is 2.39. The van der Waals surface area contributed by atoms with Gasteiger partial charge in [0, 0.05) is 42.9 Å². The van der Waals surface area contributed by atoms with Gasteiger partial charge in [0.2, 0.25) is 0 Å². The Morgan fingerprint density at radius 1 is 1.23 bits per heavy atom. The lowest BCUT2D eigenvalue weighted by atomic mass is 9.93. The average molecular weight is 615 g/mol. The Morgan fingerprint density at radius 2 is 2.05 bits per heavy atom. The summed E-state index contributed by atoms with van der Waals surface area (Å²) in [6, 6.07) is 3.08. The molecule has 234 valence electrons. The zero-order chi connectivity index (χ0) is 31.3. The summed E-state index contributed by atoms with van der Waals surface area (Å²) in [5.41, 5.74) is 5.90. The van der Waals surface area contributed by atoms with Crippen molar-refractivity contribution in [3.8, 4) is 17.0 Å². The van der Waals surface area contributed by atoms with Gasteiger partial charge in [0.15, 0.2) is 22.9 Å². The van der Waals surface area contributed by atoms with Gasteiger partial charge < -0.3 is 25.8 Å². The van der Waals surface area contributed by atoms with Crippen LogP contribution in [0, 0.1) is 0 Å². The van der Waals surface area contributed by atoms with Gasteiger partial charge in [-0.05, 0) is 50.8 Å². The van der Waals surface area contributed by atoms with Gasteiger partial charge in [-0.2, -0.15) is 18.3 Å². The normalized spacial score (nSPS) is 13.6. The fourth-order valence-electron chi connectivity index (χ4n) is 5.05. The van der Waals surface area contributed by atoms with Crippen LogP contribution in [0.1, 0.15) is 60.3 Å². The minimum Gasteiger partial charge on any atom is -0.426 e. The highest BCUT2D eigenvalue weighted by atomic mass is 19.4. The third kappa shape index (κ3) is 6.38. The van der Waals surface area contributed by atoms with Crippen LogP contribution in [0.15, 0.2) is 36.9 Å². The van der Waals surface area contributed by atoms with Crippen LogP contribution >= 0.6 is 0 Å². The van der Waals surface area contributed by atoms with Crippen LogP contribution in [0.5, 0.6) is 5.75 Å². The summed E-state index contributed by atoms with van der Waals surface area (Å²) < 4.78 is 55.6. The second-order valence-corrected chi connectivity index (χ2v) is 10.2. The molecule has 0 unspecified atom stereocenters. The third-order valence-electron chi connectivity index (χ3n) is 7.46. The summed E-state index contributed by atoms with van der Waals surface area (Å²) >= 11 is 0. The van der Waals surface area contributed by atoms with E-state index in [-0.39, 0.29) is 53.4 Å². The standard InChI is InChI=1S/C29H33F3N8O4/c1-2-19-20(28(42)35-11-14-43-13-4-9-33)7-8-22(24(19)44-17-41)37-26-27-36-15-23(39(27)12-10-34-26)21-16-40(18-5-3-6-18)38-25(21)29(30,31)32/h7-8,10,12,15-18H,2-6,9,11,13-14,33H2,1H3,(H,34,37)(H,35,42). The van der Waals surface area contributed by atoms with E-state index < -0.39 is 11.9 Å². The second-order valence-electron chi connectivity index (χ2n) is 10.2. The Balaban J connectivity index is 1.45. The molecule has 0 aliphatic heterocycles. The van der Waals surface area contributed by atoms with E-state index >= 15 is 0 Å². The maximum Gasteiger partial charge on any atom is 0.435 e. The number of hydrogen-bond donors (Lipinski definition) is 3. The minimum atomic E-state index is -4.66. The number of anilines is 2. The van der Waals surface area contributed by atoms with Gasteiger partial charge in [0.25, 0.3) is 12.4 Å². The van der Waals surface area contributed by atoms with Crippen molar-refractivity contribution >= 4 is 29.5 Å². The number of halogens is 3. The number of carbonyl (C=O) groups is 2. The number of imidazole rings is 1. The highest BCUT2D eigenvalue weighted by molar-refractivity contribution is 5.97. The minimum absolute atomic E-state index is 0.0633. The number of rotatable bonds is 14. The molecule has 1 aliphatic carbocycles. The van der Waals surface area contributed by atoms with E-state index in [9.17, 15) is 22.8 Å². The molecule has 0 saturated heterocycles. The molecule has 1 aliphatic rings. The molecule has 5 rings (SSSR count). The molecule has 3 aromatic heterocycles. The van der Waals surface area contributed by atoms with Crippen molar-refractivity contribution in [3.05, 3.63) is 53.7 Å². The number of nitrogens with zero attached hydrogens (tertiary/aromatic N) is 5. The van der Waals surface area contributed by atoms with Crippen molar-refractivity contribution in [3.63, 3.8) is 0 Å². The monoisotopic (exact) mass is 614 g/mol. The molecule has 4 N–H and O–H groups in total. The van der Waals surface area contributed by atoms with E-state index in [2.05, 4.69) is 25.7 Å². The van der Waals surface area contributed by atoms with E-state index in [0.29, 0.717) is 43.0 Å². The smallest absolute Gasteiger partial charge is 0.426 e. The molecule has 3 heterocycles. The molecule has 1 saturated carbocycles. The molecule has 0 atom stereocenters. The van der Waals surface area contributed by atoms with Crippen LogP contribution in [0.4, 0.5) is 24.7 Å². The number of carbonyl (C=O) groups excluding carboxylic acids is 2. The summed E-state index contributed by atoms with van der Waals surface area (Å²) in [4.78, 5) is 33.1. The Hall–Kier alpha value is -4.50. The number of benzene rings is 1. The number of ether oxygens (including phenoxy) is 2. The molecule has 0 spiro atoms. The number of alkyl halides is 3. The SMILES string of the molecule is CCc1c(C(=O)NCCOCCCN)ccc(Nc2nccn3c(-c4cn(C5CCC5)nc4C(F)(F)F)cnc23)c1OC=O. The lowest BCUT2D eigenvalue weighted by Gasteiger charge is -2.25. The average Bonchev–Trinajstić information content (AvgIpc) is 3.60. The number of nitrogens with one attached hydrogen (secondary N) is 2. The van der Waals surface area contributed by atoms with Crippen molar-refractivity contribution in [2.24, 2.45) is 5.73 Å². The van der Waals surface area contributed by atoms with E-state index in [4.69, 9.17) is 15.2 Å². The predicted molar refractivity (Wildman–Crippen MR) is 155 cm³/mol. The maximum atomic E-state index is 14.0. The number of fused-ring (bicyclic) bond motifs is 1. The molecule has 4 aromatic rings. The summed E-state index contributed by atoms with van der Waals surface area (Å²) in [6.45, 7) is 3.68. The molecule has 44 heavy (non-hydrogen) atoms. The molecular formula is C29H33F3N8O4. The molecule has 1 fully saturated rings. The Bertz CT molecular complexity index is 1630. The zero-order valence-corrected chi connectivity index (χ0v) is 24.1. The van der Waals surface area contributed by atoms with E-state index in [1.54, 1.807) is 12.1 Å². The Labute approximate surface area is 250 Å². The fourth-order valence-corrected chi connectivity index (χ4v) is 5.05. The first-order valence-electron chi connectivity index (χ1n) is 14.3. The highest BCUT2D eigenvalue weighted by Crippen LogP contribution is 2.40. The summed E-state index contributed by atoms with van der Waals surface area (Å²) in [6.07, 6.45) is 4.60. The fraction of sp³-hybridized carbons (Fsp3) is 0.414. The van der Waals surface area contributed by atoms with Crippen molar-refractivity contribution in [2.45, 2.75) is 51.2 Å².